The smallest absolute Gasteiger partial charge is 0.191 e. The Hall–Kier alpha value is -1.81. The van der Waals surface area contributed by atoms with Crippen molar-refractivity contribution in [3.63, 3.8) is 0 Å². The van der Waals surface area contributed by atoms with Crippen LogP contribution in [0.3, 0.4) is 0 Å². The van der Waals surface area contributed by atoms with E-state index in [2.05, 4.69) is 28.6 Å². The Kier molecular flexibility index (Phi) is 12.4. The molecule has 0 heterocycles. The Balaban J connectivity index is 0.00000450. The first-order valence-corrected chi connectivity index (χ1v) is 10.5. The summed E-state index contributed by atoms with van der Waals surface area (Å²) in [5.74, 6) is 4.58. The van der Waals surface area contributed by atoms with E-state index >= 15 is 0 Å². The highest BCUT2D eigenvalue weighted by Crippen LogP contribution is 2.30. The average molecular weight is 545 g/mol. The Bertz CT molecular complexity index is 805. The summed E-state index contributed by atoms with van der Waals surface area (Å²) >= 11 is 1.81. The fraction of sp³-hybridized carbons (Fsp3) is 0.409. The molecule has 0 aromatic heterocycles. The second-order valence-corrected chi connectivity index (χ2v) is 7.62. The third kappa shape index (κ3) is 8.14. The number of hydrogen-bond acceptors (Lipinski definition) is 5. The molecule has 0 radical (unpaired) electrons. The SMILES string of the molecule is CN=C(NCc1ccc(OC)c(OC)c1)NCC(C)CSc1ccccc1OC.I. The van der Waals surface area contributed by atoms with Gasteiger partial charge in [0, 0.05) is 30.8 Å². The first-order chi connectivity index (χ1) is 14.1. The molecule has 0 saturated heterocycles. The summed E-state index contributed by atoms with van der Waals surface area (Å²) in [6.45, 7) is 3.69. The van der Waals surface area contributed by atoms with Gasteiger partial charge in [0.25, 0.3) is 0 Å². The first-order valence-electron chi connectivity index (χ1n) is 9.52. The maximum atomic E-state index is 5.42. The molecule has 166 valence electrons. The zero-order chi connectivity index (χ0) is 21.1. The first kappa shape index (κ1) is 26.2. The molecule has 8 heteroatoms. The van der Waals surface area contributed by atoms with Crippen molar-refractivity contribution in [1.29, 1.82) is 0 Å². The fourth-order valence-corrected chi connectivity index (χ4v) is 3.75. The van der Waals surface area contributed by atoms with Crippen molar-refractivity contribution in [3.8, 4) is 17.2 Å². The molecule has 1 unspecified atom stereocenters. The fourth-order valence-electron chi connectivity index (χ4n) is 2.70. The summed E-state index contributed by atoms with van der Waals surface area (Å²) in [6, 6.07) is 14.0. The average Bonchev–Trinajstić information content (AvgIpc) is 2.77. The topological polar surface area (TPSA) is 64.1 Å². The maximum Gasteiger partial charge on any atom is 0.191 e. The minimum Gasteiger partial charge on any atom is -0.496 e. The van der Waals surface area contributed by atoms with Crippen LogP contribution in [0, 0.1) is 5.92 Å². The van der Waals surface area contributed by atoms with Crippen molar-refractivity contribution in [2.24, 2.45) is 10.9 Å². The lowest BCUT2D eigenvalue weighted by Crippen LogP contribution is -2.39. The van der Waals surface area contributed by atoms with E-state index in [1.807, 2.05) is 36.4 Å². The number of aliphatic imine (C=N–C) groups is 1. The van der Waals surface area contributed by atoms with Gasteiger partial charge in [0.1, 0.15) is 5.75 Å². The van der Waals surface area contributed by atoms with Gasteiger partial charge in [0.05, 0.1) is 21.3 Å². The highest BCUT2D eigenvalue weighted by molar-refractivity contribution is 14.0. The Morgan fingerprint density at radius 3 is 2.33 bits per heavy atom. The molecule has 0 amide bonds. The molecular formula is C22H32IN3O3S. The van der Waals surface area contributed by atoms with E-state index in [0.29, 0.717) is 12.5 Å². The van der Waals surface area contributed by atoms with Crippen molar-refractivity contribution in [2.75, 3.05) is 40.7 Å². The van der Waals surface area contributed by atoms with E-state index in [0.717, 1.165) is 46.0 Å². The number of hydrogen-bond donors (Lipinski definition) is 2. The summed E-state index contributed by atoms with van der Waals surface area (Å²) in [6.07, 6.45) is 0. The van der Waals surface area contributed by atoms with Crippen molar-refractivity contribution in [2.45, 2.75) is 18.4 Å². The standard InChI is InChI=1S/C22H31N3O3S.HI/c1-16(15-29-21-9-7-6-8-19(21)27-4)13-24-22(23-2)25-14-17-10-11-18(26-3)20(12-17)28-5;/h6-12,16H,13-15H2,1-5H3,(H2,23,24,25);1H. The molecule has 2 rings (SSSR count). The maximum absolute atomic E-state index is 5.42. The van der Waals surface area contributed by atoms with Gasteiger partial charge >= 0.3 is 0 Å². The van der Waals surface area contributed by atoms with Gasteiger partial charge in [0.2, 0.25) is 0 Å². The predicted octanol–water partition coefficient (Wildman–Crippen LogP) is 4.42. The largest absolute Gasteiger partial charge is 0.496 e. The number of thioether (sulfide) groups is 1. The van der Waals surface area contributed by atoms with Gasteiger partial charge in [-0.25, -0.2) is 0 Å². The zero-order valence-electron chi connectivity index (χ0n) is 18.2. The summed E-state index contributed by atoms with van der Waals surface area (Å²) in [5, 5.41) is 6.73. The summed E-state index contributed by atoms with van der Waals surface area (Å²) < 4.78 is 16.1. The van der Waals surface area contributed by atoms with E-state index in [4.69, 9.17) is 14.2 Å². The molecule has 2 N–H and O–H groups in total. The molecule has 30 heavy (non-hydrogen) atoms. The normalized spacial score (nSPS) is 11.8. The van der Waals surface area contributed by atoms with Crippen LogP contribution in [0.15, 0.2) is 52.4 Å². The second-order valence-electron chi connectivity index (χ2n) is 6.56. The van der Waals surface area contributed by atoms with Crippen LogP contribution in [0.5, 0.6) is 17.2 Å². The van der Waals surface area contributed by atoms with E-state index in [1.54, 1.807) is 40.1 Å². The molecule has 0 aliphatic carbocycles. The van der Waals surface area contributed by atoms with Gasteiger partial charge in [-0.05, 0) is 35.7 Å². The van der Waals surface area contributed by atoms with E-state index in [9.17, 15) is 0 Å². The van der Waals surface area contributed by atoms with Gasteiger partial charge in [0.15, 0.2) is 17.5 Å². The molecule has 2 aromatic rings. The van der Waals surface area contributed by atoms with Gasteiger partial charge in [-0.15, -0.1) is 35.7 Å². The van der Waals surface area contributed by atoms with Crippen LogP contribution in [-0.2, 0) is 6.54 Å². The number of methoxy groups -OCH3 is 3. The number of guanidine groups is 1. The van der Waals surface area contributed by atoms with E-state index < -0.39 is 0 Å². The van der Waals surface area contributed by atoms with Crippen LogP contribution in [0.2, 0.25) is 0 Å². The van der Waals surface area contributed by atoms with Gasteiger partial charge < -0.3 is 24.8 Å². The number of nitrogens with one attached hydrogen (secondary N) is 2. The Labute approximate surface area is 201 Å². The van der Waals surface area contributed by atoms with Gasteiger partial charge in [-0.2, -0.15) is 0 Å². The molecule has 1 atom stereocenters. The molecule has 2 aromatic carbocycles. The van der Waals surface area contributed by atoms with Gasteiger partial charge in [-0.3, -0.25) is 4.99 Å². The van der Waals surface area contributed by atoms with Crippen molar-refractivity contribution in [1.82, 2.24) is 10.6 Å². The number of nitrogens with zero attached hydrogens (tertiary/aromatic N) is 1. The van der Waals surface area contributed by atoms with Crippen LogP contribution in [-0.4, -0.2) is 46.6 Å². The summed E-state index contributed by atoms with van der Waals surface area (Å²) in [4.78, 5) is 5.47. The third-order valence-electron chi connectivity index (χ3n) is 4.34. The molecule has 0 fully saturated rings. The predicted molar refractivity (Wildman–Crippen MR) is 136 cm³/mol. The lowest BCUT2D eigenvalue weighted by Gasteiger charge is -2.17. The number of ether oxygens (including phenoxy) is 3. The number of para-hydroxylation sites is 1. The van der Waals surface area contributed by atoms with E-state index in [-0.39, 0.29) is 24.0 Å². The number of halogens is 1. The van der Waals surface area contributed by atoms with Gasteiger partial charge in [-0.1, -0.05) is 25.1 Å². The highest BCUT2D eigenvalue weighted by atomic mass is 127. The highest BCUT2D eigenvalue weighted by Gasteiger charge is 2.09. The van der Waals surface area contributed by atoms with Crippen LogP contribution in [0.1, 0.15) is 12.5 Å². The zero-order valence-corrected chi connectivity index (χ0v) is 21.4. The van der Waals surface area contributed by atoms with Crippen LogP contribution in [0.25, 0.3) is 0 Å². The quantitative estimate of drug-likeness (QED) is 0.200. The lowest BCUT2D eigenvalue weighted by molar-refractivity contribution is 0.354. The number of rotatable bonds is 10. The van der Waals surface area contributed by atoms with Crippen molar-refractivity contribution >= 4 is 41.7 Å². The minimum absolute atomic E-state index is 0. The molecule has 0 saturated carbocycles. The van der Waals surface area contributed by atoms with Crippen LogP contribution < -0.4 is 24.8 Å². The summed E-state index contributed by atoms with van der Waals surface area (Å²) in [5.41, 5.74) is 1.09. The van der Waals surface area contributed by atoms with E-state index in [1.165, 1.54) is 0 Å². The molecule has 0 aliphatic rings. The van der Waals surface area contributed by atoms with Crippen LogP contribution >= 0.6 is 35.7 Å². The molecule has 0 spiro atoms. The number of benzene rings is 2. The minimum atomic E-state index is 0. The second kappa shape index (κ2) is 14.2. The van der Waals surface area contributed by atoms with Crippen molar-refractivity contribution < 1.29 is 14.2 Å². The molecular weight excluding hydrogens is 513 g/mol. The monoisotopic (exact) mass is 545 g/mol. The third-order valence-corrected chi connectivity index (χ3v) is 5.73. The lowest BCUT2D eigenvalue weighted by atomic mass is 10.2. The van der Waals surface area contributed by atoms with Crippen molar-refractivity contribution in [3.05, 3.63) is 48.0 Å². The van der Waals surface area contributed by atoms with Crippen LogP contribution in [0.4, 0.5) is 0 Å². The Morgan fingerprint density at radius 1 is 0.967 bits per heavy atom. The summed E-state index contributed by atoms with van der Waals surface area (Å²) in [7, 11) is 6.76. The molecule has 6 nitrogen and oxygen atoms in total. The Morgan fingerprint density at radius 2 is 1.67 bits per heavy atom. The molecule has 0 bridgehead atoms. The molecule has 0 aliphatic heterocycles.